The van der Waals surface area contributed by atoms with Crippen LogP contribution < -0.4 is 5.73 Å². The van der Waals surface area contributed by atoms with Crippen LogP contribution in [0.1, 0.15) is 11.1 Å². The van der Waals surface area contributed by atoms with Gasteiger partial charge in [-0.05, 0) is 24.0 Å². The van der Waals surface area contributed by atoms with Gasteiger partial charge in [-0.2, -0.15) is 13.2 Å². The number of hydrogen-bond acceptors (Lipinski definition) is 5. The predicted octanol–water partition coefficient (Wildman–Crippen LogP) is 3.15. The van der Waals surface area contributed by atoms with Crippen LogP contribution >= 0.6 is 11.8 Å². The van der Waals surface area contributed by atoms with Crippen molar-refractivity contribution >= 4 is 28.8 Å². The van der Waals surface area contributed by atoms with Crippen molar-refractivity contribution < 1.29 is 37.8 Å². The summed E-state index contributed by atoms with van der Waals surface area (Å²) in [6.45, 7) is 0. The topological polar surface area (TPSA) is 118 Å². The number of benzene rings is 2. The van der Waals surface area contributed by atoms with Crippen molar-refractivity contribution in [3.63, 3.8) is 0 Å². The average Bonchev–Trinajstić information content (AvgIpc) is 2.68. The molecule has 0 aliphatic carbocycles. The Bertz CT molecular complexity index is 831. The van der Waals surface area contributed by atoms with Gasteiger partial charge < -0.3 is 15.9 Å². The van der Waals surface area contributed by atoms with Crippen molar-refractivity contribution in [3.8, 4) is 0 Å². The summed E-state index contributed by atoms with van der Waals surface area (Å²) in [5, 5.41) is 15.3. The van der Waals surface area contributed by atoms with Crippen LogP contribution in [-0.4, -0.2) is 44.7 Å². The van der Waals surface area contributed by atoms with Crippen LogP contribution in [-0.2, 0) is 27.2 Å². The van der Waals surface area contributed by atoms with E-state index in [4.69, 9.17) is 15.6 Å². The molecule has 0 aromatic heterocycles. The maximum Gasteiger partial charge on any atom is 0.490 e. The van der Waals surface area contributed by atoms with Crippen LogP contribution in [0.5, 0.6) is 0 Å². The Balaban J connectivity index is 0.000000553. The molecule has 2 atom stereocenters. The molecule has 0 fully saturated rings. The Kier molecular flexibility index (Phi) is 10.1. The van der Waals surface area contributed by atoms with Gasteiger partial charge in [0.1, 0.15) is 5.25 Å². The normalized spacial score (nSPS) is 12.8. The van der Waals surface area contributed by atoms with Gasteiger partial charge in [0.15, 0.2) is 0 Å². The minimum atomic E-state index is -5.08. The number of alkyl halides is 3. The molecule has 0 radical (unpaired) electrons. The first-order valence-corrected chi connectivity index (χ1v) is 9.45. The quantitative estimate of drug-likeness (QED) is 0.602. The number of rotatable bonds is 7. The lowest BCUT2D eigenvalue weighted by Crippen LogP contribution is -2.33. The molecule has 0 amide bonds. The Hall–Kier alpha value is -2.85. The van der Waals surface area contributed by atoms with Gasteiger partial charge in [-0.1, -0.05) is 72.4 Å². The minimum absolute atomic E-state index is 0.294. The summed E-state index contributed by atoms with van der Waals surface area (Å²) in [7, 11) is 0. The van der Waals surface area contributed by atoms with E-state index in [1.54, 1.807) is 0 Å². The van der Waals surface area contributed by atoms with E-state index in [0.29, 0.717) is 12.8 Å². The highest BCUT2D eigenvalue weighted by Crippen LogP contribution is 2.20. The zero-order valence-electron chi connectivity index (χ0n) is 15.6. The molecule has 2 aromatic carbocycles. The summed E-state index contributed by atoms with van der Waals surface area (Å²) in [6, 6.07) is 18.0. The first-order chi connectivity index (χ1) is 14.0. The SMILES string of the molecule is N[C@@H](Cc1ccccc1)C(=O)S[C@H](Cc1ccccc1)C(=O)O.O=C(O)C(F)(F)F. The molecule has 0 heterocycles. The monoisotopic (exact) mass is 443 g/mol. The molecule has 0 bridgehead atoms. The van der Waals surface area contributed by atoms with E-state index in [2.05, 4.69) is 0 Å². The smallest absolute Gasteiger partial charge is 0.480 e. The summed E-state index contributed by atoms with van der Waals surface area (Å²) in [5.41, 5.74) is 7.78. The number of aliphatic carboxylic acids is 2. The van der Waals surface area contributed by atoms with Crippen molar-refractivity contribution in [1.82, 2.24) is 0 Å². The van der Waals surface area contributed by atoms with Crippen LogP contribution in [0.4, 0.5) is 13.2 Å². The maximum atomic E-state index is 12.2. The molecule has 0 unspecified atom stereocenters. The number of carbonyl (C=O) groups excluding carboxylic acids is 1. The van der Waals surface area contributed by atoms with Crippen molar-refractivity contribution in [3.05, 3.63) is 71.8 Å². The third kappa shape index (κ3) is 9.57. The van der Waals surface area contributed by atoms with Gasteiger partial charge in [-0.15, -0.1) is 0 Å². The highest BCUT2D eigenvalue weighted by Gasteiger charge is 2.38. The predicted molar refractivity (Wildman–Crippen MR) is 106 cm³/mol. The molecular weight excluding hydrogens is 423 g/mol. The number of nitrogens with two attached hydrogens (primary N) is 1. The second kappa shape index (κ2) is 12.0. The van der Waals surface area contributed by atoms with Gasteiger partial charge in [-0.3, -0.25) is 9.59 Å². The molecule has 0 spiro atoms. The van der Waals surface area contributed by atoms with Gasteiger partial charge in [0.2, 0.25) is 5.12 Å². The molecule has 0 aliphatic heterocycles. The van der Waals surface area contributed by atoms with Gasteiger partial charge in [0, 0.05) is 0 Å². The summed E-state index contributed by atoms with van der Waals surface area (Å²) < 4.78 is 31.7. The van der Waals surface area contributed by atoms with E-state index in [9.17, 15) is 27.9 Å². The molecule has 2 rings (SSSR count). The van der Waals surface area contributed by atoms with Gasteiger partial charge in [0.05, 0.1) is 6.04 Å². The third-order valence-electron chi connectivity index (χ3n) is 3.64. The number of halogens is 3. The second-order valence-electron chi connectivity index (χ2n) is 6.05. The number of carboxylic acid groups (broad SMARTS) is 2. The van der Waals surface area contributed by atoms with E-state index in [1.807, 2.05) is 60.7 Å². The van der Waals surface area contributed by atoms with Crippen LogP contribution in [0.25, 0.3) is 0 Å². The van der Waals surface area contributed by atoms with Crippen molar-refractivity contribution in [2.45, 2.75) is 30.3 Å². The highest BCUT2D eigenvalue weighted by molar-refractivity contribution is 8.14. The third-order valence-corrected chi connectivity index (χ3v) is 4.83. The minimum Gasteiger partial charge on any atom is -0.480 e. The van der Waals surface area contributed by atoms with Gasteiger partial charge >= 0.3 is 18.1 Å². The highest BCUT2D eigenvalue weighted by atomic mass is 32.2. The molecular formula is C20H20F3NO5S. The van der Waals surface area contributed by atoms with Crippen molar-refractivity contribution in [2.24, 2.45) is 5.73 Å². The number of carbonyl (C=O) groups is 3. The summed E-state index contributed by atoms with van der Waals surface area (Å²) in [5.74, 6) is -3.76. The molecule has 2 aromatic rings. The lowest BCUT2D eigenvalue weighted by molar-refractivity contribution is -0.192. The van der Waals surface area contributed by atoms with E-state index in [1.165, 1.54) is 0 Å². The molecule has 6 nitrogen and oxygen atoms in total. The first kappa shape index (κ1) is 25.2. The zero-order chi connectivity index (χ0) is 22.7. The molecule has 30 heavy (non-hydrogen) atoms. The van der Waals surface area contributed by atoms with Crippen molar-refractivity contribution in [2.75, 3.05) is 0 Å². The summed E-state index contributed by atoms with van der Waals surface area (Å²) in [4.78, 5) is 32.5. The number of carboxylic acids is 2. The van der Waals surface area contributed by atoms with Crippen molar-refractivity contribution in [1.29, 1.82) is 0 Å². The Labute approximate surface area is 174 Å². The Morgan fingerprint density at radius 3 is 1.63 bits per heavy atom. The fourth-order valence-corrected chi connectivity index (χ4v) is 3.10. The fraction of sp³-hybridized carbons (Fsp3) is 0.250. The number of thioether (sulfide) groups is 1. The Morgan fingerprint density at radius 2 is 1.27 bits per heavy atom. The van der Waals surface area contributed by atoms with Crippen LogP contribution in [0.3, 0.4) is 0 Å². The standard InChI is InChI=1S/C18H19NO3S.C2HF3O2/c19-15(11-13-7-3-1-4-8-13)18(22)23-16(17(20)21)12-14-9-5-2-6-10-14;3-2(4,5)1(6)7/h1-10,15-16H,11-12,19H2,(H,20,21);(H,6,7)/t15-,16+;/m0./s1. The molecule has 4 N–H and O–H groups in total. The van der Waals surface area contributed by atoms with Crippen LogP contribution in [0, 0.1) is 0 Å². The average molecular weight is 443 g/mol. The zero-order valence-corrected chi connectivity index (χ0v) is 16.4. The van der Waals surface area contributed by atoms with Crippen LogP contribution in [0.2, 0.25) is 0 Å². The lowest BCUT2D eigenvalue weighted by Gasteiger charge is -2.15. The van der Waals surface area contributed by atoms with Gasteiger partial charge in [-0.25, -0.2) is 4.79 Å². The number of hydrogen-bond donors (Lipinski definition) is 3. The first-order valence-electron chi connectivity index (χ1n) is 8.57. The molecule has 10 heteroatoms. The molecule has 162 valence electrons. The largest absolute Gasteiger partial charge is 0.490 e. The van der Waals surface area contributed by atoms with Crippen LogP contribution in [0.15, 0.2) is 60.7 Å². The summed E-state index contributed by atoms with van der Waals surface area (Å²) in [6.07, 6.45) is -4.38. The fourth-order valence-electron chi connectivity index (χ4n) is 2.19. The summed E-state index contributed by atoms with van der Waals surface area (Å²) >= 11 is 0.812. The van der Waals surface area contributed by atoms with Gasteiger partial charge in [0.25, 0.3) is 0 Å². The molecule has 0 aliphatic rings. The van der Waals surface area contributed by atoms with E-state index in [0.717, 1.165) is 22.9 Å². The molecule has 0 saturated heterocycles. The Morgan fingerprint density at radius 1 is 0.867 bits per heavy atom. The second-order valence-corrected chi connectivity index (χ2v) is 7.26. The van der Waals surface area contributed by atoms with E-state index in [-0.39, 0.29) is 5.12 Å². The molecule has 0 saturated carbocycles. The van der Waals surface area contributed by atoms with E-state index >= 15 is 0 Å². The lowest BCUT2D eigenvalue weighted by atomic mass is 10.1. The van der Waals surface area contributed by atoms with E-state index < -0.39 is 29.4 Å². The maximum absolute atomic E-state index is 12.2.